The van der Waals surface area contributed by atoms with Gasteiger partial charge in [-0.2, -0.15) is 0 Å². The third-order valence-corrected chi connectivity index (χ3v) is 2.89. The summed E-state index contributed by atoms with van der Waals surface area (Å²) in [6, 6.07) is 6.00. The van der Waals surface area contributed by atoms with Gasteiger partial charge in [0.2, 0.25) is 5.91 Å². The molecule has 2 aromatic rings. The minimum atomic E-state index is -0.231. The van der Waals surface area contributed by atoms with Gasteiger partial charge < -0.3 is 0 Å². The number of rotatable bonds is 2. The highest BCUT2D eigenvalue weighted by atomic mass is 32.1. The first-order chi connectivity index (χ1) is 7.19. The Balaban J connectivity index is 2.38. The lowest BCUT2D eigenvalue weighted by atomic mass is 10.2. The van der Waals surface area contributed by atoms with Crippen molar-refractivity contribution in [2.45, 2.75) is 6.92 Å². The van der Waals surface area contributed by atoms with Crippen molar-refractivity contribution in [2.24, 2.45) is 0 Å². The Morgan fingerprint density at radius 1 is 1.60 bits per heavy atom. The standard InChI is InChI=1S/C11H10N2OS/c1-3-10(14)13-11-12-8-5-4-7(2)6-9(8)15-11/h3-6H,1H2,2H3,(H,12,13,14). The van der Waals surface area contributed by atoms with Gasteiger partial charge >= 0.3 is 0 Å². The molecule has 0 aliphatic rings. The summed E-state index contributed by atoms with van der Waals surface area (Å²) in [5, 5.41) is 3.26. The summed E-state index contributed by atoms with van der Waals surface area (Å²) in [5.74, 6) is -0.231. The van der Waals surface area contributed by atoms with E-state index < -0.39 is 0 Å². The van der Waals surface area contributed by atoms with Crippen LogP contribution in [-0.4, -0.2) is 10.9 Å². The van der Waals surface area contributed by atoms with Crippen molar-refractivity contribution in [2.75, 3.05) is 5.32 Å². The molecule has 0 atom stereocenters. The molecule has 0 radical (unpaired) electrons. The highest BCUT2D eigenvalue weighted by molar-refractivity contribution is 7.22. The number of carbonyl (C=O) groups excluding carboxylic acids is 1. The van der Waals surface area contributed by atoms with Gasteiger partial charge in [-0.05, 0) is 30.7 Å². The van der Waals surface area contributed by atoms with E-state index in [0.717, 1.165) is 10.2 Å². The molecule has 1 N–H and O–H groups in total. The van der Waals surface area contributed by atoms with Crippen LogP contribution in [0.5, 0.6) is 0 Å². The highest BCUT2D eigenvalue weighted by Gasteiger charge is 2.04. The Labute approximate surface area is 91.5 Å². The Bertz CT molecular complexity index is 530. The second kappa shape index (κ2) is 3.82. The zero-order chi connectivity index (χ0) is 10.8. The van der Waals surface area contributed by atoms with E-state index in [1.165, 1.54) is 23.0 Å². The predicted molar refractivity (Wildman–Crippen MR) is 63.2 cm³/mol. The molecule has 1 amide bonds. The van der Waals surface area contributed by atoms with Crippen molar-refractivity contribution in [3.63, 3.8) is 0 Å². The van der Waals surface area contributed by atoms with Crippen molar-refractivity contribution in [1.29, 1.82) is 0 Å². The maximum absolute atomic E-state index is 11.1. The fourth-order valence-electron chi connectivity index (χ4n) is 1.24. The van der Waals surface area contributed by atoms with Gasteiger partial charge in [0, 0.05) is 0 Å². The van der Waals surface area contributed by atoms with Gasteiger partial charge in [0.1, 0.15) is 0 Å². The van der Waals surface area contributed by atoms with Gasteiger partial charge in [-0.25, -0.2) is 4.98 Å². The Hall–Kier alpha value is -1.68. The van der Waals surface area contributed by atoms with Gasteiger partial charge in [0.25, 0.3) is 0 Å². The quantitative estimate of drug-likeness (QED) is 0.787. The van der Waals surface area contributed by atoms with E-state index in [1.807, 2.05) is 19.1 Å². The number of hydrogen-bond acceptors (Lipinski definition) is 3. The molecule has 0 aliphatic heterocycles. The van der Waals surface area contributed by atoms with Gasteiger partial charge in [-0.1, -0.05) is 24.0 Å². The maximum atomic E-state index is 11.1. The average molecular weight is 218 g/mol. The van der Waals surface area contributed by atoms with Gasteiger partial charge in [0.05, 0.1) is 10.2 Å². The number of benzene rings is 1. The van der Waals surface area contributed by atoms with Crippen LogP contribution in [0.15, 0.2) is 30.9 Å². The van der Waals surface area contributed by atoms with Crippen LogP contribution < -0.4 is 5.32 Å². The number of aryl methyl sites for hydroxylation is 1. The number of anilines is 1. The first kappa shape index (κ1) is 9.86. The van der Waals surface area contributed by atoms with Crippen LogP contribution in [-0.2, 0) is 4.79 Å². The summed E-state index contributed by atoms with van der Waals surface area (Å²) in [4.78, 5) is 15.3. The molecule has 1 heterocycles. The number of fused-ring (bicyclic) bond motifs is 1. The van der Waals surface area contributed by atoms with E-state index in [9.17, 15) is 4.79 Å². The van der Waals surface area contributed by atoms with E-state index in [2.05, 4.69) is 22.9 Å². The average Bonchev–Trinajstić information content (AvgIpc) is 2.59. The maximum Gasteiger partial charge on any atom is 0.249 e. The number of carbonyl (C=O) groups is 1. The zero-order valence-corrected chi connectivity index (χ0v) is 9.10. The number of thiazole rings is 1. The van der Waals surface area contributed by atoms with Crippen LogP contribution in [0.3, 0.4) is 0 Å². The second-order valence-electron chi connectivity index (χ2n) is 3.18. The van der Waals surface area contributed by atoms with Gasteiger partial charge in [-0.3, -0.25) is 10.1 Å². The minimum absolute atomic E-state index is 0.231. The first-order valence-corrected chi connectivity index (χ1v) is 5.31. The summed E-state index contributed by atoms with van der Waals surface area (Å²) in [5.41, 5.74) is 2.10. The molecule has 1 aromatic heterocycles. The number of hydrogen-bond donors (Lipinski definition) is 1. The first-order valence-electron chi connectivity index (χ1n) is 4.49. The van der Waals surface area contributed by atoms with Crippen LogP contribution >= 0.6 is 11.3 Å². The molecule has 0 saturated carbocycles. The SMILES string of the molecule is C=CC(=O)Nc1nc2ccc(C)cc2s1. The zero-order valence-electron chi connectivity index (χ0n) is 8.28. The Morgan fingerprint density at radius 2 is 2.40 bits per heavy atom. The van der Waals surface area contributed by atoms with Crippen LogP contribution in [0.1, 0.15) is 5.56 Å². The molecule has 76 valence electrons. The summed E-state index contributed by atoms with van der Waals surface area (Å²) in [6.45, 7) is 5.42. The second-order valence-corrected chi connectivity index (χ2v) is 4.21. The van der Waals surface area contributed by atoms with E-state index in [4.69, 9.17) is 0 Å². The highest BCUT2D eigenvalue weighted by Crippen LogP contribution is 2.26. The van der Waals surface area contributed by atoms with Crippen LogP contribution in [0.25, 0.3) is 10.2 Å². The molecule has 0 bridgehead atoms. The van der Waals surface area contributed by atoms with E-state index in [-0.39, 0.29) is 5.91 Å². The smallest absolute Gasteiger partial charge is 0.249 e. The molecule has 0 unspecified atom stereocenters. The fourth-order valence-corrected chi connectivity index (χ4v) is 2.21. The van der Waals surface area contributed by atoms with Crippen molar-refractivity contribution in [1.82, 2.24) is 4.98 Å². The summed E-state index contributed by atoms with van der Waals surface area (Å²) in [6.07, 6.45) is 1.23. The third-order valence-electron chi connectivity index (χ3n) is 1.96. The lowest BCUT2D eigenvalue weighted by molar-refractivity contribution is -0.111. The topological polar surface area (TPSA) is 42.0 Å². The summed E-state index contributed by atoms with van der Waals surface area (Å²) < 4.78 is 1.08. The van der Waals surface area contributed by atoms with Gasteiger partial charge in [-0.15, -0.1) is 0 Å². The molecule has 4 heteroatoms. The number of aromatic nitrogens is 1. The Kier molecular flexibility index (Phi) is 2.51. The van der Waals surface area contributed by atoms with Crippen molar-refractivity contribution < 1.29 is 4.79 Å². The van der Waals surface area contributed by atoms with Gasteiger partial charge in [0.15, 0.2) is 5.13 Å². The molecular weight excluding hydrogens is 208 g/mol. The molecule has 15 heavy (non-hydrogen) atoms. The van der Waals surface area contributed by atoms with Crippen LogP contribution in [0.4, 0.5) is 5.13 Å². The monoisotopic (exact) mass is 218 g/mol. The molecule has 0 saturated heterocycles. The molecule has 0 fully saturated rings. The largest absolute Gasteiger partial charge is 0.298 e. The predicted octanol–water partition coefficient (Wildman–Crippen LogP) is 2.73. The van der Waals surface area contributed by atoms with Crippen molar-refractivity contribution >= 4 is 32.6 Å². The normalized spacial score (nSPS) is 10.2. The summed E-state index contributed by atoms with van der Waals surface area (Å²) in [7, 11) is 0. The van der Waals surface area contributed by atoms with Crippen molar-refractivity contribution in [3.05, 3.63) is 36.4 Å². The number of nitrogens with one attached hydrogen (secondary N) is 1. The third kappa shape index (κ3) is 2.05. The number of amides is 1. The Morgan fingerprint density at radius 3 is 3.13 bits per heavy atom. The molecule has 0 spiro atoms. The summed E-state index contributed by atoms with van der Waals surface area (Å²) >= 11 is 1.46. The lowest BCUT2D eigenvalue weighted by Gasteiger charge is -1.92. The van der Waals surface area contributed by atoms with Crippen LogP contribution in [0, 0.1) is 6.92 Å². The molecule has 0 aliphatic carbocycles. The molecular formula is C11H10N2OS. The molecule has 2 rings (SSSR count). The molecule has 1 aromatic carbocycles. The van der Waals surface area contributed by atoms with Crippen LogP contribution in [0.2, 0.25) is 0 Å². The molecule has 3 nitrogen and oxygen atoms in total. The lowest BCUT2D eigenvalue weighted by Crippen LogP contribution is -2.06. The van der Waals surface area contributed by atoms with E-state index >= 15 is 0 Å². The minimum Gasteiger partial charge on any atom is -0.298 e. The van der Waals surface area contributed by atoms with E-state index in [1.54, 1.807) is 0 Å². The number of nitrogens with zero attached hydrogens (tertiary/aromatic N) is 1. The van der Waals surface area contributed by atoms with Crippen molar-refractivity contribution in [3.8, 4) is 0 Å². The van der Waals surface area contributed by atoms with E-state index in [0.29, 0.717) is 5.13 Å². The fraction of sp³-hybridized carbons (Fsp3) is 0.0909.